The monoisotopic (exact) mass is 591 g/mol. The second-order valence-electron chi connectivity index (χ2n) is 9.15. The molecule has 2 aliphatic heterocycles. The van der Waals surface area contributed by atoms with Crippen molar-refractivity contribution in [2.45, 2.75) is 58.9 Å². The van der Waals surface area contributed by atoms with Crippen LogP contribution in [0.15, 0.2) is 30.5 Å². The number of nitrogens with zero attached hydrogens (tertiary/aromatic N) is 5. The van der Waals surface area contributed by atoms with Gasteiger partial charge in [0.25, 0.3) is 12.4 Å². The summed E-state index contributed by atoms with van der Waals surface area (Å²) in [5.74, 6) is 1.03. The van der Waals surface area contributed by atoms with Gasteiger partial charge in [-0.05, 0) is 57.2 Å². The second-order valence-corrected chi connectivity index (χ2v) is 10.2. The van der Waals surface area contributed by atoms with Gasteiger partial charge in [-0.2, -0.15) is 5.10 Å². The Labute approximate surface area is 246 Å². The lowest BCUT2D eigenvalue weighted by molar-refractivity contribution is -0.126. The van der Waals surface area contributed by atoms with Crippen LogP contribution in [0.4, 0.5) is 11.5 Å². The van der Waals surface area contributed by atoms with Crippen molar-refractivity contribution in [3.05, 3.63) is 52.3 Å². The van der Waals surface area contributed by atoms with Gasteiger partial charge in [0.05, 0.1) is 30.1 Å². The Morgan fingerprint density at radius 1 is 1.15 bits per heavy atom. The number of fused-ring (bicyclic) bond motifs is 1. The lowest BCUT2D eigenvalue weighted by Gasteiger charge is -2.35. The number of aryl methyl sites for hydroxylation is 1. The topological polar surface area (TPSA) is 127 Å². The predicted molar refractivity (Wildman–Crippen MR) is 165 cm³/mol. The maximum Gasteiger partial charge on any atom is 0.292 e. The molecule has 0 spiro atoms. The number of piperidine rings is 1. The number of rotatable bonds is 6. The van der Waals surface area contributed by atoms with E-state index in [1.807, 2.05) is 41.7 Å². The van der Waals surface area contributed by atoms with Gasteiger partial charge in [-0.25, -0.2) is 9.50 Å². The molecule has 0 bridgehead atoms. The molecule has 10 nitrogen and oxygen atoms in total. The molecule has 220 valence electrons. The van der Waals surface area contributed by atoms with Crippen LogP contribution in [-0.4, -0.2) is 64.9 Å². The zero-order chi connectivity index (χ0) is 28.4. The van der Waals surface area contributed by atoms with Crippen LogP contribution in [0, 0.1) is 6.92 Å². The fourth-order valence-electron chi connectivity index (χ4n) is 4.96. The molecule has 40 heavy (non-hydrogen) atoms. The number of anilines is 2. The van der Waals surface area contributed by atoms with E-state index in [9.17, 15) is 4.79 Å². The first kappa shape index (κ1) is 33.2. The van der Waals surface area contributed by atoms with Gasteiger partial charge in [0.2, 0.25) is 0 Å². The van der Waals surface area contributed by atoms with E-state index in [2.05, 4.69) is 27.5 Å². The average Bonchev–Trinajstić information content (AvgIpc) is 3.65. The Morgan fingerprint density at radius 3 is 2.48 bits per heavy atom. The number of carbonyl (C=O) groups is 2. The predicted octanol–water partition coefficient (Wildman–Crippen LogP) is 6.33. The van der Waals surface area contributed by atoms with E-state index in [1.54, 1.807) is 12.1 Å². The number of carbonyl (C=O) groups excluding carboxylic acids is 2. The third-order valence-electron chi connectivity index (χ3n) is 6.65. The summed E-state index contributed by atoms with van der Waals surface area (Å²) >= 11 is 7.72. The van der Waals surface area contributed by atoms with Crippen molar-refractivity contribution in [3.8, 4) is 0 Å². The summed E-state index contributed by atoms with van der Waals surface area (Å²) in [7, 11) is 1.31. The number of amides is 1. The van der Waals surface area contributed by atoms with Crippen molar-refractivity contribution in [1.29, 1.82) is 0 Å². The Balaban J connectivity index is 0.000000737. The average molecular weight is 592 g/mol. The van der Waals surface area contributed by atoms with Crippen molar-refractivity contribution in [1.82, 2.24) is 25.6 Å². The van der Waals surface area contributed by atoms with Crippen LogP contribution >= 0.6 is 23.5 Å². The van der Waals surface area contributed by atoms with Gasteiger partial charge >= 0.3 is 0 Å². The van der Waals surface area contributed by atoms with Crippen LogP contribution in [0.1, 0.15) is 73.6 Å². The van der Waals surface area contributed by atoms with E-state index in [4.69, 9.17) is 26.5 Å². The van der Waals surface area contributed by atoms with E-state index in [0.717, 1.165) is 60.8 Å². The number of benzene rings is 1. The number of nitrogens with one attached hydrogen (secondary N) is 1. The molecular formula is C28H42ClN7O3S. The molecule has 0 saturated carbocycles. The quantitative estimate of drug-likeness (QED) is 0.250. The number of halogens is 1. The molecule has 0 radical (unpaired) electrons. The standard InChI is InChI=1S/C24H29ClN6OS.C2H4O2.C2H6.H3N/c1-16-15-31-22(26-23(16)29-10-5-6-11-29)14-20(27-31)21-7-3-4-12-30(21)24(32)18-13-17(25)8-9-19(18)28-33-2;1-4-2-3;1-2;/h8-9,13-15,21,28H,3-7,10-12H2,1-2H3;2H,1H3;1-2H3;1H3. The van der Waals surface area contributed by atoms with Crippen LogP contribution < -0.4 is 15.8 Å². The molecule has 1 aromatic carbocycles. The molecule has 5 rings (SSSR count). The highest BCUT2D eigenvalue weighted by atomic mass is 35.5. The highest BCUT2D eigenvalue weighted by Gasteiger charge is 2.32. The summed E-state index contributed by atoms with van der Waals surface area (Å²) in [5, 5.41) is 5.42. The number of aromatic nitrogens is 3. The first-order valence-corrected chi connectivity index (χ1v) is 15.0. The smallest absolute Gasteiger partial charge is 0.292 e. The van der Waals surface area contributed by atoms with Gasteiger partial charge in [0.1, 0.15) is 5.82 Å². The Morgan fingerprint density at radius 2 is 1.82 bits per heavy atom. The molecule has 0 aliphatic carbocycles. The highest BCUT2D eigenvalue weighted by molar-refractivity contribution is 7.99. The molecule has 2 aromatic heterocycles. The van der Waals surface area contributed by atoms with Crippen LogP contribution in [0.3, 0.4) is 0 Å². The third-order valence-corrected chi connectivity index (χ3v) is 7.31. The molecule has 2 aliphatic rings. The lowest BCUT2D eigenvalue weighted by Crippen LogP contribution is -2.39. The van der Waals surface area contributed by atoms with Crippen molar-refractivity contribution in [2.75, 3.05) is 42.6 Å². The normalized spacial score (nSPS) is 16.2. The number of ether oxygens (including phenoxy) is 1. The summed E-state index contributed by atoms with van der Waals surface area (Å²) in [5.41, 5.74) is 4.24. The first-order valence-electron chi connectivity index (χ1n) is 13.4. The second kappa shape index (κ2) is 16.3. The van der Waals surface area contributed by atoms with Gasteiger partial charge in [-0.3, -0.25) is 9.59 Å². The molecule has 3 aromatic rings. The van der Waals surface area contributed by atoms with E-state index in [1.165, 1.54) is 31.9 Å². The molecule has 1 atom stereocenters. The Kier molecular flexibility index (Phi) is 13.5. The maximum atomic E-state index is 13.7. The third kappa shape index (κ3) is 7.80. The van der Waals surface area contributed by atoms with E-state index in [0.29, 0.717) is 23.6 Å². The SMILES string of the molecule is CC.COC=O.CSNc1ccc(Cl)cc1C(=O)N1CCCCC1c1cc2nc(N3CCCC3)c(C)cn2n1.N. The van der Waals surface area contributed by atoms with Crippen molar-refractivity contribution in [3.63, 3.8) is 0 Å². The number of hydrogen-bond acceptors (Lipinski definition) is 9. The number of hydrogen-bond donors (Lipinski definition) is 2. The molecule has 2 saturated heterocycles. The van der Waals surface area contributed by atoms with Crippen LogP contribution in [0.2, 0.25) is 5.02 Å². The molecule has 1 unspecified atom stereocenters. The Hall–Kier alpha value is -3.02. The van der Waals surface area contributed by atoms with Crippen molar-refractivity contribution in [2.24, 2.45) is 0 Å². The highest BCUT2D eigenvalue weighted by Crippen LogP contribution is 2.34. The van der Waals surface area contributed by atoms with Crippen LogP contribution in [0.25, 0.3) is 5.65 Å². The molecule has 12 heteroatoms. The van der Waals surface area contributed by atoms with Gasteiger partial charge < -0.3 is 25.4 Å². The van der Waals surface area contributed by atoms with E-state index in [-0.39, 0.29) is 18.1 Å². The molecule has 2 fully saturated rings. The number of methoxy groups -OCH3 is 1. The summed E-state index contributed by atoms with van der Waals surface area (Å²) in [6, 6.07) is 7.39. The summed E-state index contributed by atoms with van der Waals surface area (Å²) in [6.07, 6.45) is 9.37. The van der Waals surface area contributed by atoms with Gasteiger partial charge in [0, 0.05) is 48.7 Å². The van der Waals surface area contributed by atoms with Gasteiger partial charge in [-0.1, -0.05) is 37.4 Å². The molecule has 4 N–H and O–H groups in total. The Bertz CT molecular complexity index is 1250. The minimum absolute atomic E-state index is 0. The van der Waals surface area contributed by atoms with Crippen molar-refractivity contribution >= 4 is 53.1 Å². The lowest BCUT2D eigenvalue weighted by atomic mass is 9.98. The fourth-order valence-corrected chi connectivity index (χ4v) is 5.53. The zero-order valence-electron chi connectivity index (χ0n) is 24.2. The molecule has 4 heterocycles. The molecule has 1 amide bonds. The zero-order valence-corrected chi connectivity index (χ0v) is 25.7. The number of likely N-dealkylation sites (tertiary alicyclic amines) is 1. The summed E-state index contributed by atoms with van der Waals surface area (Å²) in [6.45, 7) is 9.29. The van der Waals surface area contributed by atoms with Crippen molar-refractivity contribution < 1.29 is 14.3 Å². The summed E-state index contributed by atoms with van der Waals surface area (Å²) in [4.78, 5) is 31.9. The largest absolute Gasteiger partial charge is 0.471 e. The molecular weight excluding hydrogens is 550 g/mol. The minimum Gasteiger partial charge on any atom is -0.471 e. The summed E-state index contributed by atoms with van der Waals surface area (Å²) < 4.78 is 8.94. The minimum atomic E-state index is -0.0791. The van der Waals surface area contributed by atoms with Crippen LogP contribution in [0.5, 0.6) is 0 Å². The maximum absolute atomic E-state index is 13.7. The van der Waals surface area contributed by atoms with Gasteiger partial charge in [-0.15, -0.1) is 0 Å². The van der Waals surface area contributed by atoms with Gasteiger partial charge in [0.15, 0.2) is 5.65 Å². The van der Waals surface area contributed by atoms with Crippen LogP contribution in [-0.2, 0) is 9.53 Å². The first-order chi connectivity index (χ1) is 19.0. The van der Waals surface area contributed by atoms with E-state index >= 15 is 0 Å². The van der Waals surface area contributed by atoms with E-state index < -0.39 is 0 Å². The fraction of sp³-hybridized carbons (Fsp3) is 0.500.